The second kappa shape index (κ2) is 6.05. The predicted octanol–water partition coefficient (Wildman–Crippen LogP) is 2.51. The van der Waals surface area contributed by atoms with Crippen LogP contribution in [0.3, 0.4) is 0 Å². The van der Waals surface area contributed by atoms with Crippen LogP contribution in [-0.2, 0) is 4.79 Å². The van der Waals surface area contributed by atoms with Crippen molar-refractivity contribution < 1.29 is 4.79 Å². The van der Waals surface area contributed by atoms with E-state index in [1.165, 1.54) is 32.1 Å². The van der Waals surface area contributed by atoms with Crippen LogP contribution in [0.1, 0.15) is 52.9 Å². The summed E-state index contributed by atoms with van der Waals surface area (Å²) in [6.07, 6.45) is 6.19. The number of hydrogen-bond donors (Lipinski definition) is 0. The zero-order valence-electron chi connectivity index (χ0n) is 12.2. The average Bonchev–Trinajstić information content (AvgIpc) is 2.28. The lowest BCUT2D eigenvalue weighted by Crippen LogP contribution is -2.52. The van der Waals surface area contributed by atoms with Crippen LogP contribution < -0.4 is 0 Å². The Balaban J connectivity index is 1.89. The first-order valence-electron chi connectivity index (χ1n) is 7.61. The first-order valence-corrected chi connectivity index (χ1v) is 7.61. The Morgan fingerprint density at radius 2 is 1.72 bits per heavy atom. The van der Waals surface area contributed by atoms with E-state index in [1.54, 1.807) is 0 Å². The van der Waals surface area contributed by atoms with Gasteiger partial charge in [0.1, 0.15) is 0 Å². The Morgan fingerprint density at radius 1 is 1.06 bits per heavy atom. The highest BCUT2D eigenvalue weighted by Crippen LogP contribution is 2.23. The quantitative estimate of drug-likeness (QED) is 0.754. The first kappa shape index (κ1) is 13.9. The van der Waals surface area contributed by atoms with Gasteiger partial charge in [-0.05, 0) is 58.4 Å². The maximum Gasteiger partial charge on any atom is 0.237 e. The molecule has 2 heterocycles. The third-order valence-corrected chi connectivity index (χ3v) is 4.58. The molecule has 104 valence electrons. The first-order chi connectivity index (χ1) is 8.58. The van der Waals surface area contributed by atoms with Crippen LogP contribution in [-0.4, -0.2) is 47.4 Å². The van der Waals surface area contributed by atoms with Gasteiger partial charge in [0.05, 0.1) is 6.54 Å². The monoisotopic (exact) mass is 252 g/mol. The third kappa shape index (κ3) is 3.25. The molecule has 2 saturated heterocycles. The van der Waals surface area contributed by atoms with Crippen molar-refractivity contribution in [3.05, 3.63) is 0 Å². The Morgan fingerprint density at radius 3 is 2.33 bits per heavy atom. The largest absolute Gasteiger partial charge is 0.336 e. The van der Waals surface area contributed by atoms with E-state index in [0.29, 0.717) is 24.5 Å². The van der Waals surface area contributed by atoms with Gasteiger partial charge >= 0.3 is 0 Å². The van der Waals surface area contributed by atoms with E-state index in [4.69, 9.17) is 0 Å². The number of rotatable bonds is 2. The van der Waals surface area contributed by atoms with E-state index in [9.17, 15) is 4.79 Å². The summed E-state index contributed by atoms with van der Waals surface area (Å²) in [5, 5.41) is 0. The van der Waals surface area contributed by atoms with E-state index < -0.39 is 0 Å². The van der Waals surface area contributed by atoms with Crippen molar-refractivity contribution in [1.29, 1.82) is 0 Å². The lowest BCUT2D eigenvalue weighted by atomic mass is 9.97. The second-order valence-electron chi connectivity index (χ2n) is 6.41. The lowest BCUT2D eigenvalue weighted by molar-refractivity contribution is -0.138. The van der Waals surface area contributed by atoms with Gasteiger partial charge in [0.25, 0.3) is 0 Å². The molecule has 2 rings (SSSR count). The zero-order chi connectivity index (χ0) is 13.1. The number of carbonyl (C=O) groups is 1. The van der Waals surface area contributed by atoms with Crippen LogP contribution in [0.15, 0.2) is 0 Å². The maximum absolute atomic E-state index is 12.5. The number of hydrogen-bond acceptors (Lipinski definition) is 2. The molecule has 3 heteroatoms. The summed E-state index contributed by atoms with van der Waals surface area (Å²) in [5.74, 6) is 1.10. The second-order valence-corrected chi connectivity index (χ2v) is 6.41. The Kier molecular flexibility index (Phi) is 4.66. The smallest absolute Gasteiger partial charge is 0.237 e. The molecule has 0 bridgehead atoms. The topological polar surface area (TPSA) is 23.6 Å². The third-order valence-electron chi connectivity index (χ3n) is 4.58. The summed E-state index contributed by atoms with van der Waals surface area (Å²) in [4.78, 5) is 17.0. The molecule has 18 heavy (non-hydrogen) atoms. The highest BCUT2D eigenvalue weighted by Gasteiger charge is 2.30. The normalized spacial score (nSPS) is 34.6. The van der Waals surface area contributed by atoms with Crippen molar-refractivity contribution in [2.24, 2.45) is 5.92 Å². The number of carbonyl (C=O) groups excluding carboxylic acids is 1. The number of amides is 1. The summed E-state index contributed by atoms with van der Waals surface area (Å²) in [5.41, 5.74) is 0. The molecular weight excluding hydrogens is 224 g/mol. The van der Waals surface area contributed by atoms with Crippen LogP contribution >= 0.6 is 0 Å². The molecule has 0 aromatic heterocycles. The van der Waals surface area contributed by atoms with Crippen LogP contribution in [0, 0.1) is 5.92 Å². The van der Waals surface area contributed by atoms with Gasteiger partial charge in [-0.3, -0.25) is 9.69 Å². The van der Waals surface area contributed by atoms with E-state index in [-0.39, 0.29) is 0 Å². The fourth-order valence-corrected chi connectivity index (χ4v) is 3.62. The van der Waals surface area contributed by atoms with Crippen LogP contribution in [0.25, 0.3) is 0 Å². The summed E-state index contributed by atoms with van der Waals surface area (Å²) in [7, 11) is 0. The van der Waals surface area contributed by atoms with Crippen LogP contribution in [0.5, 0.6) is 0 Å². The lowest BCUT2D eigenvalue weighted by Gasteiger charge is -2.41. The van der Waals surface area contributed by atoms with E-state index >= 15 is 0 Å². The molecule has 2 aliphatic rings. The predicted molar refractivity (Wildman–Crippen MR) is 74.5 cm³/mol. The summed E-state index contributed by atoms with van der Waals surface area (Å²) < 4.78 is 0. The highest BCUT2D eigenvalue weighted by molar-refractivity contribution is 5.79. The SMILES string of the molecule is C[C@@H]1CCCN(CC(=O)N2[C@H](C)CCC[C@@H]2C)C1. The molecule has 0 aromatic rings. The van der Waals surface area contributed by atoms with Gasteiger partial charge in [0.2, 0.25) is 5.91 Å². The van der Waals surface area contributed by atoms with Crippen LogP contribution in [0.4, 0.5) is 0 Å². The van der Waals surface area contributed by atoms with Crippen molar-refractivity contribution >= 4 is 5.91 Å². The molecule has 0 N–H and O–H groups in total. The molecule has 0 aromatic carbocycles. The summed E-state index contributed by atoms with van der Waals surface area (Å²) >= 11 is 0. The van der Waals surface area contributed by atoms with Gasteiger partial charge < -0.3 is 4.90 Å². The van der Waals surface area contributed by atoms with E-state index in [1.807, 2.05) is 0 Å². The molecule has 0 saturated carbocycles. The van der Waals surface area contributed by atoms with Crippen molar-refractivity contribution in [3.8, 4) is 0 Å². The van der Waals surface area contributed by atoms with Gasteiger partial charge in [-0.1, -0.05) is 6.92 Å². The average molecular weight is 252 g/mol. The molecule has 0 radical (unpaired) electrons. The molecule has 2 aliphatic heterocycles. The van der Waals surface area contributed by atoms with E-state index in [2.05, 4.69) is 30.6 Å². The molecule has 3 nitrogen and oxygen atoms in total. The van der Waals surface area contributed by atoms with Gasteiger partial charge in [0.15, 0.2) is 0 Å². The van der Waals surface area contributed by atoms with Gasteiger partial charge in [-0.2, -0.15) is 0 Å². The Labute approximate surface area is 112 Å². The molecule has 0 aliphatic carbocycles. The molecule has 2 fully saturated rings. The summed E-state index contributed by atoms with van der Waals surface area (Å²) in [6.45, 7) is 9.54. The Bertz CT molecular complexity index is 282. The van der Waals surface area contributed by atoms with Gasteiger partial charge in [0, 0.05) is 18.6 Å². The minimum Gasteiger partial charge on any atom is -0.336 e. The van der Waals surface area contributed by atoms with Crippen molar-refractivity contribution in [2.45, 2.75) is 65.0 Å². The van der Waals surface area contributed by atoms with Crippen molar-refractivity contribution in [3.63, 3.8) is 0 Å². The standard InChI is InChI=1S/C15H28N2O/c1-12-6-5-9-16(10-12)11-15(18)17-13(2)7-4-8-14(17)3/h12-14H,4-11H2,1-3H3/t12-,13-,14+/m1/s1. The van der Waals surface area contributed by atoms with Gasteiger partial charge in [-0.15, -0.1) is 0 Å². The zero-order valence-corrected chi connectivity index (χ0v) is 12.2. The molecule has 1 amide bonds. The molecule has 0 spiro atoms. The highest BCUT2D eigenvalue weighted by atomic mass is 16.2. The minimum absolute atomic E-state index is 0.351. The number of nitrogens with zero attached hydrogens (tertiary/aromatic N) is 2. The van der Waals surface area contributed by atoms with Crippen molar-refractivity contribution in [1.82, 2.24) is 9.80 Å². The summed E-state index contributed by atoms with van der Waals surface area (Å²) in [6, 6.07) is 0.868. The molecule has 0 unspecified atom stereocenters. The molecular formula is C15H28N2O. The maximum atomic E-state index is 12.5. The number of piperidine rings is 2. The minimum atomic E-state index is 0.351. The van der Waals surface area contributed by atoms with E-state index in [0.717, 1.165) is 19.0 Å². The number of likely N-dealkylation sites (tertiary alicyclic amines) is 2. The van der Waals surface area contributed by atoms with Crippen molar-refractivity contribution in [2.75, 3.05) is 19.6 Å². The van der Waals surface area contributed by atoms with Gasteiger partial charge in [-0.25, -0.2) is 0 Å². The fourth-order valence-electron chi connectivity index (χ4n) is 3.62. The Hall–Kier alpha value is -0.570. The van der Waals surface area contributed by atoms with Crippen LogP contribution in [0.2, 0.25) is 0 Å². The fraction of sp³-hybridized carbons (Fsp3) is 0.933. The molecule has 3 atom stereocenters.